The second-order valence-electron chi connectivity index (χ2n) is 10.2. The molecule has 2 heterocycles. The average Bonchev–Trinajstić information content (AvgIpc) is 3.74. The molecule has 9 nitrogen and oxygen atoms in total. The summed E-state index contributed by atoms with van der Waals surface area (Å²) in [5.41, 5.74) is 0.567. The Morgan fingerprint density at radius 2 is 1.63 bits per heavy atom. The fraction of sp³-hybridized carbons (Fsp3) is 0.423. The van der Waals surface area contributed by atoms with Gasteiger partial charge in [-0.2, -0.15) is 4.31 Å². The molecule has 2 aliphatic heterocycles. The SMILES string of the molecule is O=C(NC1CN(S(=O)(=O)c2ccc(Cl)cc2Cl)C2CN(CC(F)F)C(=O)C(Cc3ccc(Cl)cc3)N2C1=O)C1CC1. The van der Waals surface area contributed by atoms with Crippen LogP contribution in [0.1, 0.15) is 18.4 Å². The molecular weight excluding hydrogens is 625 g/mol. The van der Waals surface area contributed by atoms with E-state index in [4.69, 9.17) is 34.8 Å². The number of amides is 3. The maximum atomic E-state index is 14.1. The van der Waals surface area contributed by atoms with E-state index in [1.165, 1.54) is 18.2 Å². The maximum Gasteiger partial charge on any atom is 0.255 e. The first-order valence-electron chi connectivity index (χ1n) is 12.8. The van der Waals surface area contributed by atoms with Gasteiger partial charge in [-0.15, -0.1) is 0 Å². The molecule has 0 radical (unpaired) electrons. The van der Waals surface area contributed by atoms with Crippen molar-refractivity contribution in [3.8, 4) is 0 Å². The minimum atomic E-state index is -4.49. The van der Waals surface area contributed by atoms with Crippen molar-refractivity contribution in [1.29, 1.82) is 0 Å². The zero-order valence-corrected chi connectivity index (χ0v) is 24.4. The lowest BCUT2D eigenvalue weighted by atomic mass is 9.97. The van der Waals surface area contributed by atoms with E-state index >= 15 is 0 Å². The van der Waals surface area contributed by atoms with Crippen molar-refractivity contribution in [3.05, 3.63) is 63.1 Å². The summed E-state index contributed by atoms with van der Waals surface area (Å²) in [6.45, 7) is -1.93. The van der Waals surface area contributed by atoms with Gasteiger partial charge >= 0.3 is 0 Å². The number of hydrogen-bond acceptors (Lipinski definition) is 5. The molecule has 15 heteroatoms. The van der Waals surface area contributed by atoms with E-state index in [9.17, 15) is 31.6 Å². The zero-order valence-electron chi connectivity index (χ0n) is 21.4. The van der Waals surface area contributed by atoms with Gasteiger partial charge in [0.1, 0.15) is 23.1 Å². The number of piperazine rings is 1. The minimum absolute atomic E-state index is 0.100. The molecule has 2 aromatic rings. The second kappa shape index (κ2) is 11.6. The standard InChI is InChI=1S/C26H25Cl3F2N4O5S/c27-16-5-1-14(2-6-16)9-20-26(38)33(12-22(30)31)13-23-34(41(39,40)21-8-7-17(28)10-18(21)29)11-19(25(37)35(20)23)32-24(36)15-3-4-15/h1-2,5-8,10,15,19-20,22-23H,3-4,9,11-13H2,(H,32,36). The molecule has 5 rings (SSSR count). The highest BCUT2D eigenvalue weighted by atomic mass is 35.5. The minimum Gasteiger partial charge on any atom is -0.343 e. The summed E-state index contributed by atoms with van der Waals surface area (Å²) in [5.74, 6) is -2.13. The molecule has 2 aromatic carbocycles. The van der Waals surface area contributed by atoms with Gasteiger partial charge in [-0.05, 0) is 48.7 Å². The Bertz CT molecular complexity index is 1480. The number of halogens is 5. The Kier molecular flexibility index (Phi) is 8.51. The lowest BCUT2D eigenvalue weighted by Crippen LogP contribution is -2.76. The van der Waals surface area contributed by atoms with Crippen LogP contribution in [0.25, 0.3) is 0 Å². The Hall–Kier alpha value is -2.51. The third-order valence-electron chi connectivity index (χ3n) is 7.33. The van der Waals surface area contributed by atoms with Gasteiger partial charge in [0.05, 0.1) is 18.1 Å². The highest BCUT2D eigenvalue weighted by molar-refractivity contribution is 7.89. The van der Waals surface area contributed by atoms with E-state index in [2.05, 4.69) is 5.32 Å². The second-order valence-corrected chi connectivity index (χ2v) is 13.3. The predicted molar refractivity (Wildman–Crippen MR) is 147 cm³/mol. The molecule has 2 saturated heterocycles. The van der Waals surface area contributed by atoms with Crippen molar-refractivity contribution >= 4 is 62.5 Å². The number of carbonyl (C=O) groups excluding carboxylic acids is 3. The number of sulfonamides is 1. The van der Waals surface area contributed by atoms with Gasteiger partial charge in [0.25, 0.3) is 6.43 Å². The van der Waals surface area contributed by atoms with Gasteiger partial charge in [0.2, 0.25) is 27.7 Å². The molecule has 3 atom stereocenters. The summed E-state index contributed by atoms with van der Waals surface area (Å²) in [6.07, 6.45) is -3.07. The van der Waals surface area contributed by atoms with Crippen molar-refractivity contribution in [2.45, 2.75) is 48.8 Å². The molecular formula is C26H25Cl3F2N4O5S. The zero-order chi connectivity index (χ0) is 29.6. The predicted octanol–water partition coefficient (Wildman–Crippen LogP) is 3.42. The quantitative estimate of drug-likeness (QED) is 0.472. The number of fused-ring (bicyclic) bond motifs is 1. The van der Waals surface area contributed by atoms with Crippen molar-refractivity contribution < 1.29 is 31.6 Å². The molecule has 220 valence electrons. The number of nitrogens with zero attached hydrogens (tertiary/aromatic N) is 3. The molecule has 3 unspecified atom stereocenters. The fourth-order valence-electron chi connectivity index (χ4n) is 5.17. The van der Waals surface area contributed by atoms with Crippen LogP contribution in [0.5, 0.6) is 0 Å². The molecule has 3 aliphatic rings. The van der Waals surface area contributed by atoms with Gasteiger partial charge < -0.3 is 15.1 Å². The Labute approximate surface area is 250 Å². The van der Waals surface area contributed by atoms with Crippen molar-refractivity contribution in [3.63, 3.8) is 0 Å². The van der Waals surface area contributed by atoms with Crippen LogP contribution in [0.3, 0.4) is 0 Å². The summed E-state index contributed by atoms with van der Waals surface area (Å²) in [6, 6.07) is 7.53. The Balaban J connectivity index is 1.60. The van der Waals surface area contributed by atoms with Crippen LogP contribution in [0.2, 0.25) is 15.1 Å². The van der Waals surface area contributed by atoms with Gasteiger partial charge in [0.15, 0.2) is 0 Å². The Morgan fingerprint density at radius 3 is 2.24 bits per heavy atom. The van der Waals surface area contributed by atoms with Crippen molar-refractivity contribution in [1.82, 2.24) is 19.4 Å². The van der Waals surface area contributed by atoms with Crippen molar-refractivity contribution in [2.75, 3.05) is 19.6 Å². The topological polar surface area (TPSA) is 107 Å². The number of benzene rings is 2. The molecule has 3 fully saturated rings. The highest BCUT2D eigenvalue weighted by Crippen LogP contribution is 2.35. The third kappa shape index (κ3) is 6.17. The van der Waals surface area contributed by atoms with Gasteiger partial charge in [0, 0.05) is 28.9 Å². The van der Waals surface area contributed by atoms with E-state index in [0.29, 0.717) is 23.4 Å². The summed E-state index contributed by atoms with van der Waals surface area (Å²) in [5, 5.41) is 3.07. The van der Waals surface area contributed by atoms with Crippen LogP contribution >= 0.6 is 34.8 Å². The van der Waals surface area contributed by atoms with Crippen LogP contribution < -0.4 is 5.32 Å². The highest BCUT2D eigenvalue weighted by Gasteiger charge is 2.54. The van der Waals surface area contributed by atoms with Gasteiger partial charge in [-0.3, -0.25) is 14.4 Å². The molecule has 1 aliphatic carbocycles. The summed E-state index contributed by atoms with van der Waals surface area (Å²) < 4.78 is 56.2. The summed E-state index contributed by atoms with van der Waals surface area (Å²) >= 11 is 18.2. The molecule has 41 heavy (non-hydrogen) atoms. The van der Waals surface area contributed by atoms with Crippen LogP contribution in [0, 0.1) is 5.92 Å². The van der Waals surface area contributed by atoms with E-state index < -0.39 is 72.1 Å². The number of carbonyl (C=O) groups is 3. The van der Waals surface area contributed by atoms with E-state index in [1.54, 1.807) is 24.3 Å². The Morgan fingerprint density at radius 1 is 0.976 bits per heavy atom. The van der Waals surface area contributed by atoms with Gasteiger partial charge in [-0.1, -0.05) is 46.9 Å². The lowest BCUT2D eigenvalue weighted by Gasteiger charge is -2.53. The molecule has 3 amide bonds. The summed E-state index contributed by atoms with van der Waals surface area (Å²) in [4.78, 5) is 41.8. The molecule has 0 bridgehead atoms. The number of rotatable bonds is 8. The van der Waals surface area contributed by atoms with Crippen molar-refractivity contribution in [2.24, 2.45) is 5.92 Å². The monoisotopic (exact) mass is 648 g/mol. The van der Waals surface area contributed by atoms with Crippen LogP contribution in [0.15, 0.2) is 47.4 Å². The molecule has 1 N–H and O–H groups in total. The first-order chi connectivity index (χ1) is 19.4. The molecule has 0 aromatic heterocycles. The largest absolute Gasteiger partial charge is 0.343 e. The van der Waals surface area contributed by atoms with Crippen LogP contribution in [0.4, 0.5) is 8.78 Å². The average molecular weight is 650 g/mol. The summed E-state index contributed by atoms with van der Waals surface area (Å²) in [7, 11) is -4.49. The maximum absolute atomic E-state index is 14.1. The lowest BCUT2D eigenvalue weighted by molar-refractivity contribution is -0.169. The van der Waals surface area contributed by atoms with Gasteiger partial charge in [-0.25, -0.2) is 17.2 Å². The smallest absolute Gasteiger partial charge is 0.255 e. The molecule has 1 saturated carbocycles. The number of hydrogen-bond donors (Lipinski definition) is 1. The molecule has 0 spiro atoms. The first kappa shape index (κ1) is 30.0. The van der Waals surface area contributed by atoms with Crippen LogP contribution in [-0.2, 0) is 30.8 Å². The van der Waals surface area contributed by atoms with E-state index in [-0.39, 0.29) is 27.3 Å². The van der Waals surface area contributed by atoms with E-state index in [0.717, 1.165) is 14.1 Å². The van der Waals surface area contributed by atoms with Crippen LogP contribution in [-0.4, -0.2) is 84.6 Å². The number of alkyl halides is 2. The number of nitrogens with one attached hydrogen (secondary N) is 1. The first-order valence-corrected chi connectivity index (χ1v) is 15.3. The fourth-order valence-corrected chi connectivity index (χ4v) is 7.63. The third-order valence-corrected chi connectivity index (χ3v) is 10.2. The van der Waals surface area contributed by atoms with E-state index in [1.807, 2.05) is 0 Å². The normalized spacial score (nSPS) is 23.6.